The molecule has 0 bridgehead atoms. The van der Waals surface area contributed by atoms with Gasteiger partial charge in [-0.25, -0.2) is 9.19 Å². The van der Waals surface area contributed by atoms with Gasteiger partial charge in [-0.15, -0.1) is 11.3 Å². The second kappa shape index (κ2) is 10.4. The summed E-state index contributed by atoms with van der Waals surface area (Å²) in [5.41, 5.74) is 3.11. The van der Waals surface area contributed by atoms with Gasteiger partial charge in [-0.3, -0.25) is 4.98 Å². The summed E-state index contributed by atoms with van der Waals surface area (Å²) in [7, 11) is 1.64. The van der Waals surface area contributed by atoms with Crippen molar-refractivity contribution in [2.75, 3.05) is 19.0 Å². The number of nitrogens with one attached hydrogen (secondary N) is 1. The number of benzene rings is 1. The average Bonchev–Trinajstić information content (AvgIpc) is 3.18. The van der Waals surface area contributed by atoms with Crippen molar-refractivity contribution in [1.82, 2.24) is 9.97 Å². The topological polar surface area (TPSA) is 93.6 Å². The number of methoxy groups -OCH3 is 1. The molecule has 0 fully saturated rings. The predicted octanol–water partition coefficient (Wildman–Crippen LogP) is 4.98. The van der Waals surface area contributed by atoms with E-state index in [0.29, 0.717) is 23.2 Å². The van der Waals surface area contributed by atoms with Crippen LogP contribution in [-0.2, 0) is 15.8 Å². The van der Waals surface area contributed by atoms with Crippen LogP contribution in [0, 0.1) is 0 Å². The first-order valence-corrected chi connectivity index (χ1v) is 11.2. The predicted molar refractivity (Wildman–Crippen MR) is 121 cm³/mol. The Morgan fingerprint density at radius 2 is 2.13 bits per heavy atom. The minimum Gasteiger partial charge on any atom is -0.489 e. The van der Waals surface area contributed by atoms with Gasteiger partial charge in [0.2, 0.25) is 0 Å². The first kappa shape index (κ1) is 22.1. The van der Waals surface area contributed by atoms with E-state index in [0.717, 1.165) is 17.0 Å². The number of pyridine rings is 1. The summed E-state index contributed by atoms with van der Waals surface area (Å²) in [6, 6.07) is 8.72. The Morgan fingerprint density at radius 3 is 2.80 bits per heavy atom. The van der Waals surface area contributed by atoms with Crippen LogP contribution in [-0.4, -0.2) is 38.6 Å². The molecule has 9 heteroatoms. The number of rotatable bonds is 9. The lowest BCUT2D eigenvalue weighted by Crippen LogP contribution is -2.07. The summed E-state index contributed by atoms with van der Waals surface area (Å²) in [5.74, 6) is 0.588. The van der Waals surface area contributed by atoms with Crippen LogP contribution in [0.2, 0.25) is 0 Å². The van der Waals surface area contributed by atoms with Gasteiger partial charge < -0.3 is 19.3 Å². The lowest BCUT2D eigenvalue weighted by atomic mass is 10.2. The molecule has 3 aromatic rings. The highest BCUT2D eigenvalue weighted by Gasteiger charge is 2.12. The van der Waals surface area contributed by atoms with E-state index in [1.807, 2.05) is 43.5 Å². The summed E-state index contributed by atoms with van der Waals surface area (Å²) in [6.07, 6.45) is 5.53. The van der Waals surface area contributed by atoms with Crippen molar-refractivity contribution in [2.24, 2.45) is 0 Å². The Labute approximate surface area is 182 Å². The van der Waals surface area contributed by atoms with Crippen LogP contribution >= 0.6 is 11.3 Å². The molecule has 7 nitrogen and oxygen atoms in total. The van der Waals surface area contributed by atoms with E-state index in [-0.39, 0.29) is 11.0 Å². The average molecular weight is 446 g/mol. The lowest BCUT2D eigenvalue weighted by molar-refractivity contribution is 0.234. The number of hydrogen-bond donors (Lipinski definition) is 2. The molecule has 0 aliphatic carbocycles. The van der Waals surface area contributed by atoms with Gasteiger partial charge >= 0.3 is 0 Å². The zero-order valence-electron chi connectivity index (χ0n) is 16.9. The molecule has 0 radical (unpaired) electrons. The third-order valence-corrected chi connectivity index (χ3v) is 5.31. The summed E-state index contributed by atoms with van der Waals surface area (Å²) < 4.78 is 31.6. The van der Waals surface area contributed by atoms with Gasteiger partial charge in [0, 0.05) is 24.3 Å². The molecule has 1 atom stereocenters. The van der Waals surface area contributed by atoms with Crippen molar-refractivity contribution in [1.29, 1.82) is 0 Å². The van der Waals surface area contributed by atoms with Crippen LogP contribution in [0.15, 0.2) is 52.9 Å². The third-order valence-electron chi connectivity index (χ3n) is 3.89. The maximum Gasteiger partial charge on any atom is 0.187 e. The molecule has 2 heterocycles. The van der Waals surface area contributed by atoms with Crippen LogP contribution in [0.3, 0.4) is 0 Å². The molecule has 0 amide bonds. The van der Waals surface area contributed by atoms with Gasteiger partial charge in [0.25, 0.3) is 0 Å². The molecule has 30 heavy (non-hydrogen) atoms. The van der Waals surface area contributed by atoms with Crippen molar-refractivity contribution in [3.05, 3.63) is 53.7 Å². The largest absolute Gasteiger partial charge is 0.489 e. The molecule has 158 valence electrons. The van der Waals surface area contributed by atoms with Gasteiger partial charge in [0.1, 0.15) is 5.75 Å². The first-order valence-electron chi connectivity index (χ1n) is 9.22. The number of aromatic nitrogens is 2. The lowest BCUT2D eigenvalue weighted by Gasteiger charge is -2.15. The van der Waals surface area contributed by atoms with Gasteiger partial charge in [0.05, 0.1) is 34.7 Å². The van der Waals surface area contributed by atoms with E-state index in [9.17, 15) is 8.76 Å². The van der Waals surface area contributed by atoms with E-state index in [1.54, 1.807) is 31.5 Å². The number of hydrogen-bond acceptors (Lipinski definition) is 7. The molecular weight excluding hydrogens is 422 g/mol. The third kappa shape index (κ3) is 5.96. The van der Waals surface area contributed by atoms with Gasteiger partial charge in [-0.2, -0.15) is 0 Å². The minimum absolute atomic E-state index is 0.0367. The van der Waals surface area contributed by atoms with Gasteiger partial charge in [-0.1, -0.05) is 6.08 Å². The molecule has 0 aliphatic rings. The van der Waals surface area contributed by atoms with Crippen LogP contribution in [0.5, 0.6) is 5.75 Å². The van der Waals surface area contributed by atoms with Crippen molar-refractivity contribution in [3.8, 4) is 17.0 Å². The highest BCUT2D eigenvalue weighted by Crippen LogP contribution is 2.33. The summed E-state index contributed by atoms with van der Waals surface area (Å²) in [4.78, 5) is 9.31. The van der Waals surface area contributed by atoms with Gasteiger partial charge in [-0.05, 0) is 50.3 Å². The van der Waals surface area contributed by atoms with Crippen LogP contribution in [0.1, 0.15) is 19.5 Å². The highest BCUT2D eigenvalue weighted by atomic mass is 32.2. The monoisotopic (exact) mass is 445 g/mol. The fourth-order valence-corrected chi connectivity index (χ4v) is 3.71. The highest BCUT2D eigenvalue weighted by molar-refractivity contribution is 7.79. The number of ether oxygens (including phenoxy) is 2. The molecule has 3 rings (SSSR count). The van der Waals surface area contributed by atoms with Crippen molar-refractivity contribution < 1.29 is 18.2 Å². The van der Waals surface area contributed by atoms with E-state index in [1.165, 1.54) is 11.3 Å². The maximum atomic E-state index is 11.4. The second-order valence-electron chi connectivity index (χ2n) is 6.57. The molecule has 0 aliphatic heterocycles. The molecule has 0 saturated heterocycles. The van der Waals surface area contributed by atoms with Crippen LogP contribution in [0.4, 0.5) is 10.8 Å². The molecule has 0 spiro atoms. The normalized spacial score (nSPS) is 12.4. The zero-order chi connectivity index (χ0) is 21.5. The maximum absolute atomic E-state index is 11.4. The Balaban J connectivity index is 1.80. The quantitative estimate of drug-likeness (QED) is 0.449. The number of nitrogens with zero attached hydrogens (tertiary/aromatic N) is 2. The Bertz CT molecular complexity index is 1030. The van der Waals surface area contributed by atoms with Gasteiger partial charge in [0.15, 0.2) is 16.2 Å². The Hall–Kier alpha value is -2.59. The van der Waals surface area contributed by atoms with E-state index >= 15 is 0 Å². The molecular formula is C21H23N3O4S2. The molecule has 1 aromatic carbocycles. The zero-order valence-corrected chi connectivity index (χ0v) is 18.5. The molecule has 0 saturated carbocycles. The van der Waals surface area contributed by atoms with Crippen molar-refractivity contribution in [3.63, 3.8) is 0 Å². The fourth-order valence-electron chi connectivity index (χ4n) is 2.57. The smallest absolute Gasteiger partial charge is 0.187 e. The van der Waals surface area contributed by atoms with E-state index < -0.39 is 11.1 Å². The Kier molecular flexibility index (Phi) is 7.69. The Morgan fingerprint density at radius 1 is 1.30 bits per heavy atom. The summed E-state index contributed by atoms with van der Waals surface area (Å²) in [6.45, 7) is 4.38. The standard InChI is InChI=1S/C21H23N3O4S2/c1-14(2)28-20-9-8-17(30(25)26)11-18(20)23-21-24-19(13-29-21)15-6-7-16(22-12-15)5-4-10-27-3/h4-9,11-14H,10H2,1-3H3,(H,23,24)(H,25,26). The first-order chi connectivity index (χ1) is 14.5. The second-order valence-corrected chi connectivity index (χ2v) is 8.39. The SMILES string of the molecule is COCC=Cc1ccc(-c2csc(Nc3cc(S(=O)O)ccc3OC(C)C)n2)cn1. The van der Waals surface area contributed by atoms with Crippen molar-refractivity contribution in [2.45, 2.75) is 24.8 Å². The van der Waals surface area contributed by atoms with E-state index in [2.05, 4.69) is 15.3 Å². The fraction of sp³-hybridized carbons (Fsp3) is 0.238. The molecule has 2 N–H and O–H groups in total. The van der Waals surface area contributed by atoms with Crippen LogP contribution in [0.25, 0.3) is 17.3 Å². The molecule has 2 aromatic heterocycles. The molecule has 1 unspecified atom stereocenters. The van der Waals surface area contributed by atoms with Crippen molar-refractivity contribution >= 4 is 39.3 Å². The summed E-state index contributed by atoms with van der Waals surface area (Å²) in [5, 5.41) is 5.77. The summed E-state index contributed by atoms with van der Waals surface area (Å²) >= 11 is -0.655. The van der Waals surface area contributed by atoms with E-state index in [4.69, 9.17) is 9.47 Å². The number of thiazole rings is 1. The number of anilines is 2. The minimum atomic E-state index is -2.08. The van der Waals surface area contributed by atoms with Crippen LogP contribution < -0.4 is 10.1 Å².